The molecular formula is C18H24N6. The highest BCUT2D eigenvalue weighted by molar-refractivity contribution is 5.84. The first kappa shape index (κ1) is 16.1. The summed E-state index contributed by atoms with van der Waals surface area (Å²) in [6.07, 6.45) is 4.83. The summed E-state index contributed by atoms with van der Waals surface area (Å²) in [6.45, 7) is 3.63. The van der Waals surface area contributed by atoms with Crippen molar-refractivity contribution in [3.63, 3.8) is 0 Å². The normalized spacial score (nSPS) is 11.9. The maximum atomic E-state index is 4.27. The average Bonchev–Trinajstić information content (AvgIpc) is 3.16. The summed E-state index contributed by atoms with van der Waals surface area (Å²) in [4.78, 5) is 7.61. The van der Waals surface area contributed by atoms with Crippen molar-refractivity contribution in [3.05, 3.63) is 53.5 Å². The van der Waals surface area contributed by atoms with Crippen molar-refractivity contribution in [1.29, 1.82) is 0 Å². The van der Waals surface area contributed by atoms with Crippen LogP contribution >= 0.6 is 0 Å². The SMILES string of the molecule is CN=C(NCCc1c[nH]c2cc(C)ccc12)NCc1ccnn1C. The van der Waals surface area contributed by atoms with Gasteiger partial charge in [-0.15, -0.1) is 0 Å². The van der Waals surface area contributed by atoms with Crippen molar-refractivity contribution < 1.29 is 0 Å². The highest BCUT2D eigenvalue weighted by Gasteiger charge is 2.05. The highest BCUT2D eigenvalue weighted by Crippen LogP contribution is 2.19. The van der Waals surface area contributed by atoms with Gasteiger partial charge in [0.05, 0.1) is 12.2 Å². The van der Waals surface area contributed by atoms with Crippen molar-refractivity contribution in [2.24, 2.45) is 12.0 Å². The molecule has 2 heterocycles. The Balaban J connectivity index is 1.53. The molecule has 0 bridgehead atoms. The van der Waals surface area contributed by atoms with Gasteiger partial charge in [-0.2, -0.15) is 5.10 Å². The Kier molecular flexibility index (Phi) is 4.84. The predicted molar refractivity (Wildman–Crippen MR) is 98.1 cm³/mol. The molecule has 0 aliphatic carbocycles. The van der Waals surface area contributed by atoms with E-state index in [1.54, 1.807) is 13.2 Å². The number of rotatable bonds is 5. The van der Waals surface area contributed by atoms with Gasteiger partial charge < -0.3 is 15.6 Å². The molecule has 24 heavy (non-hydrogen) atoms. The fourth-order valence-electron chi connectivity index (χ4n) is 2.79. The molecule has 6 heteroatoms. The first-order chi connectivity index (χ1) is 11.7. The van der Waals surface area contributed by atoms with Gasteiger partial charge >= 0.3 is 0 Å². The number of nitrogens with zero attached hydrogens (tertiary/aromatic N) is 3. The Hall–Kier alpha value is -2.76. The zero-order chi connectivity index (χ0) is 16.9. The number of fused-ring (bicyclic) bond motifs is 1. The van der Waals surface area contributed by atoms with E-state index >= 15 is 0 Å². The van der Waals surface area contributed by atoms with Crippen molar-refractivity contribution in [2.45, 2.75) is 19.9 Å². The van der Waals surface area contributed by atoms with E-state index < -0.39 is 0 Å². The quantitative estimate of drug-likeness (QED) is 0.497. The number of guanidine groups is 1. The molecule has 0 radical (unpaired) electrons. The van der Waals surface area contributed by atoms with E-state index in [9.17, 15) is 0 Å². The third kappa shape index (κ3) is 3.59. The van der Waals surface area contributed by atoms with Crippen LogP contribution in [0.3, 0.4) is 0 Å². The summed E-state index contributed by atoms with van der Waals surface area (Å²) >= 11 is 0. The molecule has 1 aromatic carbocycles. The van der Waals surface area contributed by atoms with Gasteiger partial charge in [0.1, 0.15) is 0 Å². The zero-order valence-electron chi connectivity index (χ0n) is 14.4. The molecule has 3 N–H and O–H groups in total. The summed E-state index contributed by atoms with van der Waals surface area (Å²) in [5.74, 6) is 0.798. The van der Waals surface area contributed by atoms with E-state index in [2.05, 4.69) is 57.0 Å². The van der Waals surface area contributed by atoms with Gasteiger partial charge in [0.25, 0.3) is 0 Å². The third-order valence-electron chi connectivity index (χ3n) is 4.19. The third-order valence-corrected chi connectivity index (χ3v) is 4.19. The first-order valence-corrected chi connectivity index (χ1v) is 8.15. The number of aromatic nitrogens is 3. The Morgan fingerprint density at radius 3 is 2.92 bits per heavy atom. The second-order valence-electron chi connectivity index (χ2n) is 5.91. The van der Waals surface area contributed by atoms with E-state index in [4.69, 9.17) is 0 Å². The summed E-state index contributed by atoms with van der Waals surface area (Å²) in [6, 6.07) is 8.52. The van der Waals surface area contributed by atoms with Crippen LogP contribution in [-0.4, -0.2) is 34.3 Å². The highest BCUT2D eigenvalue weighted by atomic mass is 15.3. The minimum atomic E-state index is 0.697. The minimum Gasteiger partial charge on any atom is -0.361 e. The van der Waals surface area contributed by atoms with E-state index in [0.29, 0.717) is 6.54 Å². The minimum absolute atomic E-state index is 0.697. The van der Waals surface area contributed by atoms with Crippen molar-refractivity contribution >= 4 is 16.9 Å². The maximum Gasteiger partial charge on any atom is 0.191 e. The second-order valence-corrected chi connectivity index (χ2v) is 5.91. The Morgan fingerprint density at radius 1 is 1.29 bits per heavy atom. The van der Waals surface area contributed by atoms with Gasteiger partial charge in [-0.3, -0.25) is 9.67 Å². The molecule has 3 aromatic rings. The molecule has 0 aliphatic heterocycles. The Bertz CT molecular complexity index is 842. The smallest absolute Gasteiger partial charge is 0.191 e. The van der Waals surface area contributed by atoms with Crippen LogP contribution < -0.4 is 10.6 Å². The second kappa shape index (κ2) is 7.21. The molecule has 0 aliphatic rings. The zero-order valence-corrected chi connectivity index (χ0v) is 14.4. The standard InChI is InChI=1S/C18H24N6/c1-13-4-5-16-14(11-21-17(16)10-13)6-8-20-18(19-2)22-12-15-7-9-23-24(15)3/h4-5,7,9-11,21H,6,8,12H2,1-3H3,(H2,19,20,22). The summed E-state index contributed by atoms with van der Waals surface area (Å²) in [5.41, 5.74) is 4.90. The number of hydrogen-bond donors (Lipinski definition) is 3. The van der Waals surface area contributed by atoms with Crippen LogP contribution in [0.2, 0.25) is 0 Å². The average molecular weight is 324 g/mol. The maximum absolute atomic E-state index is 4.27. The van der Waals surface area contributed by atoms with Crippen LogP contribution in [0.1, 0.15) is 16.8 Å². The number of benzene rings is 1. The Labute approximate surface area is 142 Å². The van der Waals surface area contributed by atoms with Crippen molar-refractivity contribution in [2.75, 3.05) is 13.6 Å². The number of H-pyrrole nitrogens is 1. The molecule has 6 nitrogen and oxygen atoms in total. The summed E-state index contributed by atoms with van der Waals surface area (Å²) in [7, 11) is 3.72. The van der Waals surface area contributed by atoms with Crippen molar-refractivity contribution in [1.82, 2.24) is 25.4 Å². The van der Waals surface area contributed by atoms with Crippen LogP contribution in [0.25, 0.3) is 10.9 Å². The number of aliphatic imine (C=N–C) groups is 1. The lowest BCUT2D eigenvalue weighted by Gasteiger charge is -2.11. The van der Waals surface area contributed by atoms with Gasteiger partial charge in [0.2, 0.25) is 0 Å². The molecule has 0 saturated heterocycles. The van der Waals surface area contributed by atoms with Gasteiger partial charge in [-0.25, -0.2) is 0 Å². The predicted octanol–water partition coefficient (Wildman–Crippen LogP) is 2.12. The fraction of sp³-hybridized carbons (Fsp3) is 0.333. The summed E-state index contributed by atoms with van der Waals surface area (Å²) < 4.78 is 1.86. The molecule has 0 unspecified atom stereocenters. The number of nitrogens with one attached hydrogen (secondary N) is 3. The van der Waals surface area contributed by atoms with Gasteiger partial charge in [0, 0.05) is 43.9 Å². The molecule has 0 saturated carbocycles. The molecule has 0 fully saturated rings. The lowest BCUT2D eigenvalue weighted by molar-refractivity contribution is 0.684. The molecule has 2 aromatic heterocycles. The lowest BCUT2D eigenvalue weighted by atomic mass is 10.1. The molecule has 0 atom stereocenters. The summed E-state index contributed by atoms with van der Waals surface area (Å²) in [5, 5.41) is 12.1. The topological polar surface area (TPSA) is 70.0 Å². The van der Waals surface area contributed by atoms with Crippen LogP contribution in [-0.2, 0) is 20.0 Å². The molecular weight excluding hydrogens is 300 g/mol. The van der Waals surface area contributed by atoms with Crippen molar-refractivity contribution in [3.8, 4) is 0 Å². The van der Waals surface area contributed by atoms with Crippen LogP contribution in [0.15, 0.2) is 41.7 Å². The van der Waals surface area contributed by atoms with Gasteiger partial charge in [0.15, 0.2) is 5.96 Å². The van der Waals surface area contributed by atoms with Crippen LogP contribution in [0.4, 0.5) is 0 Å². The van der Waals surface area contributed by atoms with E-state index in [-0.39, 0.29) is 0 Å². The van der Waals surface area contributed by atoms with Crippen LogP contribution in [0, 0.1) is 6.92 Å². The number of aryl methyl sites for hydroxylation is 2. The van der Waals surface area contributed by atoms with E-state index in [0.717, 1.165) is 24.6 Å². The number of aromatic amines is 1. The lowest BCUT2D eigenvalue weighted by Crippen LogP contribution is -2.38. The molecule has 0 amide bonds. The van der Waals surface area contributed by atoms with Gasteiger partial charge in [-0.1, -0.05) is 12.1 Å². The molecule has 0 spiro atoms. The Morgan fingerprint density at radius 2 is 2.17 bits per heavy atom. The van der Waals surface area contributed by atoms with E-state index in [1.165, 1.54) is 22.0 Å². The monoisotopic (exact) mass is 324 g/mol. The number of hydrogen-bond acceptors (Lipinski definition) is 2. The van der Waals surface area contributed by atoms with Gasteiger partial charge in [-0.05, 0) is 36.6 Å². The largest absolute Gasteiger partial charge is 0.361 e. The fourth-order valence-corrected chi connectivity index (χ4v) is 2.79. The molecule has 126 valence electrons. The molecule has 3 rings (SSSR count). The first-order valence-electron chi connectivity index (χ1n) is 8.15. The van der Waals surface area contributed by atoms with E-state index in [1.807, 2.05) is 17.8 Å². The van der Waals surface area contributed by atoms with Crippen LogP contribution in [0.5, 0.6) is 0 Å².